The van der Waals surface area contributed by atoms with Crippen LogP contribution < -0.4 is 0 Å². The van der Waals surface area contributed by atoms with Gasteiger partial charge in [0.1, 0.15) is 0 Å². The number of rotatable bonds is 13. The summed E-state index contributed by atoms with van der Waals surface area (Å²) in [7, 11) is 0. The van der Waals surface area contributed by atoms with Crippen LogP contribution in [0.25, 0.3) is 0 Å². The molecule has 0 fully saturated rings. The van der Waals surface area contributed by atoms with Crippen molar-refractivity contribution in [1.82, 2.24) is 0 Å². The van der Waals surface area contributed by atoms with Crippen molar-refractivity contribution < 1.29 is 23.0 Å². The first-order valence-corrected chi connectivity index (χ1v) is 9.03. The van der Waals surface area contributed by atoms with Gasteiger partial charge in [0, 0.05) is 0 Å². The Kier molecular flexibility index (Phi) is 26.8. The van der Waals surface area contributed by atoms with E-state index in [2.05, 4.69) is 26.0 Å². The van der Waals surface area contributed by atoms with E-state index >= 15 is 0 Å². The van der Waals surface area contributed by atoms with Gasteiger partial charge in [-0.2, -0.15) is 6.42 Å². The molecule has 0 amide bonds. The van der Waals surface area contributed by atoms with Gasteiger partial charge in [0.25, 0.3) is 0 Å². The van der Waals surface area contributed by atoms with Crippen LogP contribution in [-0.2, 0) is 18.8 Å². The van der Waals surface area contributed by atoms with Crippen molar-refractivity contribution in [3.63, 3.8) is 0 Å². The fourth-order valence-electron chi connectivity index (χ4n) is 2.07. The molecular weight excluding hydrogens is 295 g/mol. The van der Waals surface area contributed by atoms with Crippen molar-refractivity contribution in [2.75, 3.05) is 0 Å². The van der Waals surface area contributed by atoms with Gasteiger partial charge in [0.05, 0.1) is 0 Å². The van der Waals surface area contributed by atoms with Crippen molar-refractivity contribution >= 4 is 0 Å². The number of allylic oxidation sites excluding steroid dienone is 2. The Bertz CT molecular complexity index is 193. The van der Waals surface area contributed by atoms with E-state index in [1.807, 2.05) is 0 Å². The fourth-order valence-corrected chi connectivity index (χ4v) is 2.07. The molecular formula is C17H34CoO2-. The van der Waals surface area contributed by atoms with Gasteiger partial charge in [-0.05, 0) is 25.7 Å². The molecule has 0 aromatic carbocycles. The second-order valence-corrected chi connectivity index (χ2v) is 5.34. The molecule has 0 saturated carbocycles. The second kappa shape index (κ2) is 24.1. The van der Waals surface area contributed by atoms with Gasteiger partial charge < -0.3 is 6.92 Å². The van der Waals surface area contributed by atoms with Crippen LogP contribution in [0.15, 0.2) is 12.2 Å². The van der Waals surface area contributed by atoms with E-state index < -0.39 is 15.0 Å². The molecule has 2 nitrogen and oxygen atoms in total. The van der Waals surface area contributed by atoms with Crippen molar-refractivity contribution in [1.29, 1.82) is 0 Å². The quantitative estimate of drug-likeness (QED) is 0.264. The molecule has 0 aliphatic heterocycles. The minimum atomic E-state index is -0.812. The molecule has 0 atom stereocenters. The Morgan fingerprint density at radius 2 is 1.25 bits per heavy atom. The molecule has 0 heterocycles. The zero-order valence-electron chi connectivity index (χ0n) is 13.2. The summed E-state index contributed by atoms with van der Waals surface area (Å²) in [6, 6.07) is 0. The standard InChI is InChI=1S/C17H33.Co.H2O.O/c1-3-5-7-9-11-13-15-17-16-14-12-10-8-6-4-2;;;/h15,17H,1,3-14,16H2,2H3;;1H2;/q-1;+1;;/p-1/b17-15-;;;. The topological polar surface area (TPSA) is 37.3 Å². The molecule has 0 aromatic heterocycles. The predicted octanol–water partition coefficient (Wildman–Crippen LogP) is 5.79. The Hall–Kier alpha value is 0.00649. The van der Waals surface area contributed by atoms with E-state index in [1.165, 1.54) is 77.0 Å². The van der Waals surface area contributed by atoms with E-state index in [9.17, 15) is 0 Å². The van der Waals surface area contributed by atoms with Gasteiger partial charge in [-0.1, -0.05) is 70.4 Å². The Labute approximate surface area is 132 Å². The van der Waals surface area contributed by atoms with Crippen LogP contribution in [0.2, 0.25) is 0 Å². The number of hydrogen-bond acceptors (Lipinski definition) is 1. The molecule has 124 valence electrons. The summed E-state index contributed by atoms with van der Waals surface area (Å²) >= 11 is -0.812. The van der Waals surface area contributed by atoms with Crippen LogP contribution in [-0.4, -0.2) is 4.22 Å². The van der Waals surface area contributed by atoms with E-state index in [0.29, 0.717) is 0 Å². The average molecular weight is 329 g/mol. The van der Waals surface area contributed by atoms with Crippen LogP contribution in [0.3, 0.4) is 0 Å². The summed E-state index contributed by atoms with van der Waals surface area (Å²) in [5.74, 6) is 0. The van der Waals surface area contributed by atoms with Gasteiger partial charge in [-0.25, -0.2) is 0 Å². The molecule has 0 radical (unpaired) electrons. The molecule has 1 N–H and O–H groups in total. The van der Waals surface area contributed by atoms with E-state index in [-0.39, 0.29) is 0 Å². The monoisotopic (exact) mass is 329 g/mol. The van der Waals surface area contributed by atoms with Gasteiger partial charge in [0.15, 0.2) is 0 Å². The summed E-state index contributed by atoms with van der Waals surface area (Å²) in [5, 5.41) is 0. The zero-order chi connectivity index (χ0) is 15.3. The second-order valence-electron chi connectivity index (χ2n) is 5.15. The Morgan fingerprint density at radius 3 is 1.70 bits per heavy atom. The molecule has 0 spiro atoms. The zero-order valence-corrected chi connectivity index (χ0v) is 14.3. The van der Waals surface area contributed by atoms with E-state index in [4.69, 9.17) is 8.08 Å². The third-order valence-electron chi connectivity index (χ3n) is 3.26. The maximum atomic E-state index is 8.45. The normalized spacial score (nSPS) is 10.8. The van der Waals surface area contributed by atoms with Crippen LogP contribution in [0.4, 0.5) is 0 Å². The van der Waals surface area contributed by atoms with E-state index in [0.717, 1.165) is 6.42 Å². The average Bonchev–Trinajstić information content (AvgIpc) is 2.45. The summed E-state index contributed by atoms with van der Waals surface area (Å²) in [4.78, 5) is 0. The molecule has 20 heavy (non-hydrogen) atoms. The van der Waals surface area contributed by atoms with Crippen LogP contribution in [0.5, 0.6) is 0 Å². The molecule has 0 unspecified atom stereocenters. The summed E-state index contributed by atoms with van der Waals surface area (Å²) in [6.07, 6.45) is 22.4. The first-order chi connectivity index (χ1) is 9.83. The maximum absolute atomic E-state index is 8.45. The van der Waals surface area contributed by atoms with Gasteiger partial charge in [-0.3, -0.25) is 0 Å². The molecule has 0 bridgehead atoms. The van der Waals surface area contributed by atoms with Crippen LogP contribution >= 0.6 is 0 Å². The van der Waals surface area contributed by atoms with Gasteiger partial charge in [-0.15, -0.1) is 0 Å². The summed E-state index contributed by atoms with van der Waals surface area (Å²) in [5.41, 5.74) is 0. The van der Waals surface area contributed by atoms with E-state index in [1.54, 1.807) is 0 Å². The van der Waals surface area contributed by atoms with Crippen LogP contribution in [0.1, 0.15) is 90.4 Å². The molecule has 0 aliphatic rings. The molecule has 0 saturated heterocycles. The Balaban J connectivity index is 0. The predicted molar refractivity (Wildman–Crippen MR) is 83.1 cm³/mol. The third-order valence-corrected chi connectivity index (χ3v) is 3.26. The first kappa shape index (κ1) is 22.3. The first-order valence-electron chi connectivity index (χ1n) is 8.14. The van der Waals surface area contributed by atoms with Gasteiger partial charge in [0.2, 0.25) is 0 Å². The fraction of sp³-hybridized carbons (Fsp3) is 0.824. The molecule has 0 aromatic rings. The van der Waals surface area contributed by atoms with Crippen molar-refractivity contribution in [2.45, 2.75) is 90.4 Å². The third kappa shape index (κ3) is 26.5. The summed E-state index contributed by atoms with van der Waals surface area (Å²) in [6.45, 7) is 6.14. The minimum absolute atomic E-state index is 0.812. The SMILES string of the molecule is [CH2-]CCCCCC/C=C\CCCCCCCC.[O]=[Co][OH]. The number of hydrogen-bond donors (Lipinski definition) is 1. The van der Waals surface area contributed by atoms with Crippen molar-refractivity contribution in [3.05, 3.63) is 19.1 Å². The number of unbranched alkanes of at least 4 members (excludes halogenated alkanes) is 11. The molecule has 0 aliphatic carbocycles. The van der Waals surface area contributed by atoms with Crippen molar-refractivity contribution in [3.8, 4) is 0 Å². The van der Waals surface area contributed by atoms with Crippen LogP contribution in [0, 0.1) is 6.92 Å². The molecule has 0 rings (SSSR count). The Morgan fingerprint density at radius 1 is 0.850 bits per heavy atom. The molecule has 3 heteroatoms. The van der Waals surface area contributed by atoms with Crippen molar-refractivity contribution in [2.24, 2.45) is 0 Å². The van der Waals surface area contributed by atoms with Gasteiger partial charge >= 0.3 is 23.0 Å². The summed E-state index contributed by atoms with van der Waals surface area (Å²) < 4.78 is 15.4.